The van der Waals surface area contributed by atoms with Gasteiger partial charge in [0.1, 0.15) is 29.9 Å². The van der Waals surface area contributed by atoms with Gasteiger partial charge in [0.15, 0.2) is 0 Å². The molecule has 1 aromatic rings. The molecule has 0 spiro atoms. The van der Waals surface area contributed by atoms with Gasteiger partial charge in [-0.3, -0.25) is 24.0 Å². The number of hydrogen-bond donors (Lipinski definition) is 3. The number of esters is 3. The van der Waals surface area contributed by atoms with Crippen molar-refractivity contribution in [2.45, 2.75) is 111 Å². The van der Waals surface area contributed by atoms with Crippen LogP contribution in [0.2, 0.25) is 0 Å². The number of ether oxygens (including phenoxy) is 3. The standard InChI is InChI=1S/C31H46N2O10/c1-19(2)26(29(39)40)33-28(38)22(14-15-23(34)42-30(3,4)5)32-27(37)21(17-25(36)43-31(6,7)8)16-24(35)41-18-20-12-10-9-11-13-20/h9-13,19,21-22,26H,14-18H2,1-8H3,(H,32,37)(H,33,38)(H,39,40)/t21-,22-,26-/m0/s1. The van der Waals surface area contributed by atoms with Gasteiger partial charge in [-0.2, -0.15) is 0 Å². The van der Waals surface area contributed by atoms with Crippen LogP contribution in [0.25, 0.3) is 0 Å². The molecule has 3 atom stereocenters. The molecule has 0 aromatic heterocycles. The summed E-state index contributed by atoms with van der Waals surface area (Å²) in [4.78, 5) is 76.0. The monoisotopic (exact) mass is 606 g/mol. The fourth-order valence-electron chi connectivity index (χ4n) is 3.82. The molecule has 12 heteroatoms. The molecular formula is C31H46N2O10. The van der Waals surface area contributed by atoms with E-state index in [1.165, 1.54) is 0 Å². The molecule has 240 valence electrons. The van der Waals surface area contributed by atoms with Gasteiger partial charge in [-0.1, -0.05) is 44.2 Å². The third-order valence-corrected chi connectivity index (χ3v) is 5.78. The molecule has 0 aliphatic heterocycles. The fourth-order valence-corrected chi connectivity index (χ4v) is 3.82. The average molecular weight is 607 g/mol. The molecule has 0 saturated heterocycles. The topological polar surface area (TPSA) is 174 Å². The summed E-state index contributed by atoms with van der Waals surface area (Å²) in [7, 11) is 0. The zero-order valence-corrected chi connectivity index (χ0v) is 26.4. The lowest BCUT2D eigenvalue weighted by Crippen LogP contribution is -2.54. The lowest BCUT2D eigenvalue weighted by molar-refractivity contribution is -0.158. The number of aliphatic carboxylic acids is 1. The predicted octanol–water partition coefficient (Wildman–Crippen LogP) is 3.30. The Balaban J connectivity index is 3.17. The number of rotatable bonds is 15. The lowest BCUT2D eigenvalue weighted by atomic mass is 9.98. The average Bonchev–Trinajstić information content (AvgIpc) is 2.85. The van der Waals surface area contributed by atoms with Crippen molar-refractivity contribution in [1.82, 2.24) is 10.6 Å². The molecule has 43 heavy (non-hydrogen) atoms. The Morgan fingerprint density at radius 2 is 1.30 bits per heavy atom. The normalized spacial score (nSPS) is 13.7. The maximum atomic E-state index is 13.5. The first-order chi connectivity index (χ1) is 19.8. The van der Waals surface area contributed by atoms with Gasteiger partial charge in [-0.15, -0.1) is 0 Å². The molecule has 12 nitrogen and oxygen atoms in total. The number of amides is 2. The van der Waals surface area contributed by atoms with Gasteiger partial charge in [0.05, 0.1) is 18.8 Å². The van der Waals surface area contributed by atoms with Crippen LogP contribution in [0.15, 0.2) is 30.3 Å². The second kappa shape index (κ2) is 16.6. The van der Waals surface area contributed by atoms with Crippen LogP contribution in [-0.2, 0) is 49.6 Å². The van der Waals surface area contributed by atoms with E-state index in [4.69, 9.17) is 14.2 Å². The zero-order chi connectivity index (χ0) is 33.0. The molecule has 0 aliphatic rings. The molecule has 0 unspecified atom stereocenters. The van der Waals surface area contributed by atoms with E-state index in [1.807, 2.05) is 6.07 Å². The molecule has 0 aliphatic carbocycles. The summed E-state index contributed by atoms with van der Waals surface area (Å²) in [5, 5.41) is 14.4. The fraction of sp³-hybridized carbons (Fsp3) is 0.613. The first-order valence-corrected chi connectivity index (χ1v) is 14.2. The Hall–Kier alpha value is -3.96. The Morgan fingerprint density at radius 1 is 0.767 bits per heavy atom. The van der Waals surface area contributed by atoms with Gasteiger partial charge in [0.25, 0.3) is 0 Å². The minimum Gasteiger partial charge on any atom is -0.480 e. The van der Waals surface area contributed by atoms with E-state index >= 15 is 0 Å². The van der Waals surface area contributed by atoms with Crippen molar-refractivity contribution in [3.63, 3.8) is 0 Å². The molecule has 1 aromatic carbocycles. The maximum absolute atomic E-state index is 13.5. The Morgan fingerprint density at radius 3 is 1.81 bits per heavy atom. The van der Waals surface area contributed by atoms with Crippen molar-refractivity contribution in [2.75, 3.05) is 0 Å². The molecule has 0 fully saturated rings. The highest BCUT2D eigenvalue weighted by Gasteiger charge is 2.33. The number of hydrogen-bond acceptors (Lipinski definition) is 9. The molecular weight excluding hydrogens is 560 g/mol. The predicted molar refractivity (Wildman–Crippen MR) is 156 cm³/mol. The van der Waals surface area contributed by atoms with E-state index < -0.39 is 83.7 Å². The van der Waals surface area contributed by atoms with E-state index in [-0.39, 0.29) is 19.4 Å². The molecule has 0 bridgehead atoms. The van der Waals surface area contributed by atoms with E-state index in [0.717, 1.165) is 5.56 Å². The minimum absolute atomic E-state index is 0.0485. The highest BCUT2D eigenvalue weighted by atomic mass is 16.6. The highest BCUT2D eigenvalue weighted by Crippen LogP contribution is 2.18. The SMILES string of the molecule is CC(C)[C@H](NC(=O)[C@H](CCC(=O)OC(C)(C)C)NC(=O)[C@@H](CC(=O)OCc1ccccc1)CC(=O)OC(C)(C)C)C(=O)O. The highest BCUT2D eigenvalue weighted by molar-refractivity contribution is 5.93. The minimum atomic E-state index is -1.37. The summed E-state index contributed by atoms with van der Waals surface area (Å²) in [6.07, 6.45) is -1.49. The van der Waals surface area contributed by atoms with Gasteiger partial charge in [0, 0.05) is 6.42 Å². The van der Waals surface area contributed by atoms with Crippen molar-refractivity contribution in [3.8, 4) is 0 Å². The summed E-state index contributed by atoms with van der Waals surface area (Å²) in [5.41, 5.74) is -0.922. The molecule has 2 amide bonds. The van der Waals surface area contributed by atoms with E-state index in [9.17, 15) is 33.9 Å². The molecule has 3 N–H and O–H groups in total. The summed E-state index contributed by atoms with van der Waals surface area (Å²) in [6.45, 7) is 13.1. The van der Waals surface area contributed by atoms with Crippen LogP contribution >= 0.6 is 0 Å². The van der Waals surface area contributed by atoms with Gasteiger partial charge >= 0.3 is 23.9 Å². The number of carbonyl (C=O) groups is 6. The van der Waals surface area contributed by atoms with Crippen molar-refractivity contribution >= 4 is 35.7 Å². The van der Waals surface area contributed by atoms with Crippen LogP contribution in [0, 0.1) is 11.8 Å². The van der Waals surface area contributed by atoms with Crippen molar-refractivity contribution in [2.24, 2.45) is 11.8 Å². The van der Waals surface area contributed by atoms with Crippen molar-refractivity contribution in [1.29, 1.82) is 0 Å². The second-order valence-electron chi connectivity index (χ2n) is 12.6. The molecule has 0 heterocycles. The van der Waals surface area contributed by atoms with Crippen LogP contribution in [0.4, 0.5) is 0 Å². The maximum Gasteiger partial charge on any atom is 0.326 e. The molecule has 0 saturated carbocycles. The Labute approximate surface area is 253 Å². The number of benzene rings is 1. The van der Waals surface area contributed by atoms with Gasteiger partial charge in [0.2, 0.25) is 11.8 Å². The van der Waals surface area contributed by atoms with E-state index in [1.54, 1.807) is 79.7 Å². The van der Waals surface area contributed by atoms with Gasteiger partial charge in [-0.05, 0) is 59.4 Å². The largest absolute Gasteiger partial charge is 0.480 e. The first-order valence-electron chi connectivity index (χ1n) is 14.2. The number of nitrogens with one attached hydrogen (secondary N) is 2. The van der Waals surface area contributed by atoms with E-state index in [0.29, 0.717) is 0 Å². The third kappa shape index (κ3) is 15.7. The summed E-state index contributed by atoms with van der Waals surface area (Å²) >= 11 is 0. The zero-order valence-electron chi connectivity index (χ0n) is 26.4. The molecule has 1 rings (SSSR count). The van der Waals surface area contributed by atoms with Crippen molar-refractivity contribution < 1.29 is 48.1 Å². The molecule has 0 radical (unpaired) electrons. The smallest absolute Gasteiger partial charge is 0.326 e. The number of carboxylic acids is 1. The quantitative estimate of drug-likeness (QED) is 0.198. The van der Waals surface area contributed by atoms with Crippen LogP contribution < -0.4 is 10.6 Å². The Kier molecular flexibility index (Phi) is 14.3. The summed E-state index contributed by atoms with van der Waals surface area (Å²) < 4.78 is 15.9. The first kappa shape index (κ1) is 37.1. The number of carboxylic acid groups (broad SMARTS) is 1. The number of carbonyl (C=O) groups excluding carboxylic acids is 5. The van der Waals surface area contributed by atoms with Gasteiger partial charge < -0.3 is 30.0 Å². The third-order valence-electron chi connectivity index (χ3n) is 5.78. The lowest BCUT2D eigenvalue weighted by Gasteiger charge is -2.26. The van der Waals surface area contributed by atoms with Crippen LogP contribution in [0.3, 0.4) is 0 Å². The Bertz CT molecular complexity index is 1120. The van der Waals surface area contributed by atoms with Crippen LogP contribution in [0.5, 0.6) is 0 Å². The van der Waals surface area contributed by atoms with E-state index in [2.05, 4.69) is 10.6 Å². The van der Waals surface area contributed by atoms with Crippen LogP contribution in [0.1, 0.15) is 86.6 Å². The second-order valence-corrected chi connectivity index (χ2v) is 12.6. The summed E-state index contributed by atoms with van der Waals surface area (Å²) in [5.74, 6) is -6.86. The van der Waals surface area contributed by atoms with Crippen LogP contribution in [-0.4, -0.2) is 64.1 Å². The van der Waals surface area contributed by atoms with Gasteiger partial charge in [-0.25, -0.2) is 4.79 Å². The van der Waals surface area contributed by atoms with Crippen molar-refractivity contribution in [3.05, 3.63) is 35.9 Å². The summed E-state index contributed by atoms with van der Waals surface area (Å²) in [6, 6.07) is 6.24.